The van der Waals surface area contributed by atoms with Crippen LogP contribution in [0.15, 0.2) is 35.1 Å². The first-order valence-electron chi connectivity index (χ1n) is 10.1. The van der Waals surface area contributed by atoms with E-state index in [1.807, 2.05) is 24.0 Å². The summed E-state index contributed by atoms with van der Waals surface area (Å²) in [6.07, 6.45) is 0. The van der Waals surface area contributed by atoms with Crippen LogP contribution < -0.4 is 10.5 Å². The molecule has 1 saturated heterocycles. The number of rotatable bonds is 3. The van der Waals surface area contributed by atoms with Crippen molar-refractivity contribution in [2.75, 3.05) is 24.5 Å². The predicted molar refractivity (Wildman–Crippen MR) is 115 cm³/mol. The lowest BCUT2D eigenvalue weighted by Crippen LogP contribution is -2.52. The van der Waals surface area contributed by atoms with E-state index in [-0.39, 0.29) is 17.3 Å². The van der Waals surface area contributed by atoms with Crippen molar-refractivity contribution in [3.8, 4) is 12.1 Å². The van der Waals surface area contributed by atoms with Crippen LogP contribution in [0.4, 0.5) is 14.5 Å². The summed E-state index contributed by atoms with van der Waals surface area (Å²) in [6, 6.07) is 10.7. The molecule has 1 aromatic carbocycles. The molecule has 0 bridgehead atoms. The van der Waals surface area contributed by atoms with E-state index in [9.17, 15) is 24.1 Å². The molecule has 3 aromatic rings. The van der Waals surface area contributed by atoms with Gasteiger partial charge in [-0.1, -0.05) is 6.07 Å². The molecule has 0 spiro atoms. The third-order valence-corrected chi connectivity index (χ3v) is 5.91. The number of benzene rings is 1. The quantitative estimate of drug-likeness (QED) is 0.630. The third kappa shape index (κ3) is 3.68. The largest absolute Gasteiger partial charge is 0.366 e. The monoisotopic (exact) mass is 434 g/mol. The number of aromatic nitrogens is 2. The van der Waals surface area contributed by atoms with Crippen molar-refractivity contribution in [3.63, 3.8) is 0 Å². The second-order valence-corrected chi connectivity index (χ2v) is 7.88. The number of halogens is 2. The first-order chi connectivity index (χ1) is 15.3. The Morgan fingerprint density at radius 3 is 2.59 bits per heavy atom. The molecule has 0 N–H and O–H groups in total. The summed E-state index contributed by atoms with van der Waals surface area (Å²) in [5, 5.41) is 19.0. The van der Waals surface area contributed by atoms with E-state index in [4.69, 9.17) is 0 Å². The number of pyridine rings is 2. The second kappa shape index (κ2) is 8.37. The van der Waals surface area contributed by atoms with E-state index < -0.39 is 17.2 Å². The number of anilines is 1. The minimum atomic E-state index is -0.616. The standard InChI is InChI=1S/C23H20F2N6O/c1-14-12-31(8-7-30(14)13-15-3-4-16(24)9-19(15)25)22-18(11-27)23(32)29(2)20-6-5-17(10-26)28-21(20)22/h3-6,9,14H,7-8,12-13H2,1-2H3/t14-/m1/s1. The van der Waals surface area contributed by atoms with Gasteiger partial charge in [0.05, 0.1) is 11.2 Å². The number of nitrogens with zero attached hydrogens (tertiary/aromatic N) is 6. The Balaban J connectivity index is 1.70. The van der Waals surface area contributed by atoms with Gasteiger partial charge >= 0.3 is 0 Å². The van der Waals surface area contributed by atoms with Crippen LogP contribution >= 0.6 is 0 Å². The molecule has 9 heteroatoms. The summed E-state index contributed by atoms with van der Waals surface area (Å²) in [6.45, 7) is 3.77. The van der Waals surface area contributed by atoms with Gasteiger partial charge in [0.25, 0.3) is 5.56 Å². The van der Waals surface area contributed by atoms with E-state index >= 15 is 0 Å². The van der Waals surface area contributed by atoms with E-state index in [1.54, 1.807) is 13.1 Å². The maximum atomic E-state index is 14.1. The van der Waals surface area contributed by atoms with E-state index in [1.165, 1.54) is 22.8 Å². The van der Waals surface area contributed by atoms with Crippen LogP contribution in [0.3, 0.4) is 0 Å². The minimum absolute atomic E-state index is 0.0205. The molecule has 162 valence electrons. The molecule has 3 heterocycles. The lowest BCUT2D eigenvalue weighted by molar-refractivity contribution is 0.179. The van der Waals surface area contributed by atoms with Crippen LogP contribution in [0.2, 0.25) is 0 Å². The molecule has 1 aliphatic rings. The van der Waals surface area contributed by atoms with Crippen molar-refractivity contribution in [3.05, 3.63) is 69.1 Å². The number of piperazine rings is 1. The number of fused-ring (bicyclic) bond motifs is 1. The summed E-state index contributed by atoms with van der Waals surface area (Å²) in [5.41, 5.74) is 1.53. The van der Waals surface area contributed by atoms with Gasteiger partial charge in [-0.05, 0) is 25.1 Å². The van der Waals surface area contributed by atoms with Gasteiger partial charge in [-0.25, -0.2) is 13.8 Å². The Morgan fingerprint density at radius 2 is 1.94 bits per heavy atom. The fourth-order valence-electron chi connectivity index (χ4n) is 4.17. The average molecular weight is 434 g/mol. The van der Waals surface area contributed by atoms with E-state index in [2.05, 4.69) is 9.88 Å². The van der Waals surface area contributed by atoms with Crippen molar-refractivity contribution >= 4 is 16.7 Å². The second-order valence-electron chi connectivity index (χ2n) is 7.88. The SMILES string of the molecule is C[C@@H]1CN(c2c(C#N)c(=O)n(C)c3ccc(C#N)nc23)CCN1Cc1ccc(F)cc1F. The summed E-state index contributed by atoms with van der Waals surface area (Å²) in [4.78, 5) is 21.2. The van der Waals surface area contributed by atoms with Crippen molar-refractivity contribution < 1.29 is 8.78 Å². The highest BCUT2D eigenvalue weighted by atomic mass is 19.1. The van der Waals surface area contributed by atoms with Gasteiger partial charge in [0.1, 0.15) is 40.5 Å². The maximum Gasteiger partial charge on any atom is 0.270 e. The van der Waals surface area contributed by atoms with Crippen LogP contribution in [0, 0.1) is 34.3 Å². The summed E-state index contributed by atoms with van der Waals surface area (Å²) in [5.74, 6) is -1.20. The molecule has 32 heavy (non-hydrogen) atoms. The van der Waals surface area contributed by atoms with Crippen molar-refractivity contribution in [2.24, 2.45) is 7.05 Å². The van der Waals surface area contributed by atoms with Gasteiger partial charge in [0, 0.05) is 50.9 Å². The molecule has 0 aliphatic carbocycles. The first-order valence-corrected chi connectivity index (χ1v) is 10.1. The van der Waals surface area contributed by atoms with Crippen LogP contribution in [0.25, 0.3) is 11.0 Å². The Kier molecular flexibility index (Phi) is 5.60. The normalized spacial score (nSPS) is 16.7. The predicted octanol–water partition coefficient (Wildman–Crippen LogP) is 2.67. The lowest BCUT2D eigenvalue weighted by Gasteiger charge is -2.41. The fourth-order valence-corrected chi connectivity index (χ4v) is 4.17. The Labute approximate surface area is 183 Å². The Morgan fingerprint density at radius 1 is 1.16 bits per heavy atom. The summed E-state index contributed by atoms with van der Waals surface area (Å²) >= 11 is 0. The Hall–Kier alpha value is -3.82. The molecule has 7 nitrogen and oxygen atoms in total. The zero-order chi connectivity index (χ0) is 23.0. The molecule has 4 rings (SSSR count). The smallest absolute Gasteiger partial charge is 0.270 e. The fraction of sp³-hybridized carbons (Fsp3) is 0.304. The van der Waals surface area contributed by atoms with Crippen molar-refractivity contribution in [1.82, 2.24) is 14.5 Å². The highest BCUT2D eigenvalue weighted by molar-refractivity contribution is 5.92. The maximum absolute atomic E-state index is 14.1. The van der Waals surface area contributed by atoms with E-state index in [0.717, 1.165) is 6.07 Å². The lowest BCUT2D eigenvalue weighted by atomic mass is 10.1. The average Bonchev–Trinajstić information content (AvgIpc) is 2.78. The van der Waals surface area contributed by atoms with E-state index in [0.29, 0.717) is 48.5 Å². The molecule has 0 unspecified atom stereocenters. The Bertz CT molecular complexity index is 1350. The molecular weight excluding hydrogens is 414 g/mol. The molecule has 0 amide bonds. The molecular formula is C23H20F2N6O. The van der Waals surface area contributed by atoms with Crippen LogP contribution in [-0.2, 0) is 13.6 Å². The van der Waals surface area contributed by atoms with Gasteiger partial charge in [0.15, 0.2) is 0 Å². The minimum Gasteiger partial charge on any atom is -0.366 e. The zero-order valence-electron chi connectivity index (χ0n) is 17.6. The number of aryl methyl sites for hydroxylation is 1. The molecule has 0 saturated carbocycles. The van der Waals surface area contributed by atoms with Gasteiger partial charge in [0.2, 0.25) is 0 Å². The van der Waals surface area contributed by atoms with Crippen LogP contribution in [0.1, 0.15) is 23.7 Å². The number of hydrogen-bond donors (Lipinski definition) is 0. The topological polar surface area (TPSA) is 88.9 Å². The van der Waals surface area contributed by atoms with Gasteiger partial charge in [-0.2, -0.15) is 10.5 Å². The molecule has 0 radical (unpaired) electrons. The molecule has 1 fully saturated rings. The van der Waals surface area contributed by atoms with Crippen molar-refractivity contribution in [1.29, 1.82) is 10.5 Å². The summed E-state index contributed by atoms with van der Waals surface area (Å²) in [7, 11) is 1.57. The van der Waals surface area contributed by atoms with Crippen LogP contribution in [0.5, 0.6) is 0 Å². The molecule has 1 aliphatic heterocycles. The van der Waals surface area contributed by atoms with Crippen LogP contribution in [-0.4, -0.2) is 40.1 Å². The number of hydrogen-bond acceptors (Lipinski definition) is 6. The third-order valence-electron chi connectivity index (χ3n) is 5.91. The van der Waals surface area contributed by atoms with Gasteiger partial charge in [-0.3, -0.25) is 9.69 Å². The summed E-state index contributed by atoms with van der Waals surface area (Å²) < 4.78 is 28.7. The first kappa shape index (κ1) is 21.4. The highest BCUT2D eigenvalue weighted by Crippen LogP contribution is 2.29. The van der Waals surface area contributed by atoms with Gasteiger partial charge < -0.3 is 9.47 Å². The molecule has 1 atom stereocenters. The van der Waals surface area contributed by atoms with Gasteiger partial charge in [-0.15, -0.1) is 0 Å². The van der Waals surface area contributed by atoms with Crippen molar-refractivity contribution in [2.45, 2.75) is 19.5 Å². The number of nitriles is 2. The zero-order valence-corrected chi connectivity index (χ0v) is 17.6. The highest BCUT2D eigenvalue weighted by Gasteiger charge is 2.29. The molecule has 2 aromatic heterocycles.